The average molecular weight is 1080 g/mol. The van der Waals surface area contributed by atoms with Gasteiger partial charge >= 0.3 is 0 Å². The molecule has 0 unspecified atom stereocenters. The summed E-state index contributed by atoms with van der Waals surface area (Å²) in [7, 11) is -2.97. The van der Waals surface area contributed by atoms with Gasteiger partial charge in [-0.3, -0.25) is 4.57 Å². The van der Waals surface area contributed by atoms with Crippen molar-refractivity contribution in [1.82, 2.24) is 14.1 Å². The molecule has 12 aromatic rings. The number of pyridine rings is 1. The average Bonchev–Trinajstić information content (AvgIpc) is 3.99. The minimum absolute atomic E-state index is 0. The Labute approximate surface area is 454 Å². The molecule has 1 aliphatic heterocycles. The molecule has 0 bridgehead atoms. The fraction of sp³-hybridized carbons (Fsp3) is 0.118. The van der Waals surface area contributed by atoms with Gasteiger partial charge in [0, 0.05) is 43.6 Å². The van der Waals surface area contributed by atoms with Gasteiger partial charge in [-0.1, -0.05) is 223 Å². The van der Waals surface area contributed by atoms with E-state index in [-0.39, 0.29) is 31.3 Å². The predicted molar refractivity (Wildman–Crippen MR) is 305 cm³/mol. The Bertz CT molecular complexity index is 3990. The van der Waals surface area contributed by atoms with Crippen molar-refractivity contribution in [2.75, 3.05) is 0 Å². The summed E-state index contributed by atoms with van der Waals surface area (Å²) in [6, 6.07) is 84.2. The number of rotatable bonds is 8. The van der Waals surface area contributed by atoms with Crippen LogP contribution in [0.15, 0.2) is 219 Å². The summed E-state index contributed by atoms with van der Waals surface area (Å²) in [5.41, 5.74) is 13.1. The van der Waals surface area contributed by atoms with Gasteiger partial charge in [-0.15, -0.1) is 29.7 Å². The summed E-state index contributed by atoms with van der Waals surface area (Å²) in [6.07, 6.45) is 5.72. The van der Waals surface area contributed by atoms with Crippen LogP contribution in [-0.4, -0.2) is 22.2 Å². The zero-order chi connectivity index (χ0) is 50.3. The normalized spacial score (nSPS) is 12.9. The zero-order valence-electron chi connectivity index (χ0n) is 42.8. The van der Waals surface area contributed by atoms with Crippen LogP contribution in [-0.2, 0) is 31.3 Å². The van der Waals surface area contributed by atoms with Crippen molar-refractivity contribution in [3.63, 3.8) is 0 Å². The maximum absolute atomic E-state index is 6.82. The third-order valence-electron chi connectivity index (χ3n) is 15.1. The second-order valence-corrected chi connectivity index (χ2v) is 25.3. The van der Waals surface area contributed by atoms with Gasteiger partial charge < -0.3 is 13.9 Å². The van der Waals surface area contributed by atoms with Crippen LogP contribution in [0, 0.1) is 18.5 Å². The summed E-state index contributed by atoms with van der Waals surface area (Å²) < 4.78 is 13.5. The van der Waals surface area contributed by atoms with Gasteiger partial charge in [0.15, 0.2) is 8.07 Å². The standard InChI is InChI=1S/C68H54N4OSi.Pd/c1-67(2,3)48-32-37-53(38-33-48)74(54-39-34-49(35-40-54)68(4,5)6)62-30-17-27-58-57-41-36-52(44-61(57)72(65(58)62)66-63(74)31-18-42-69-66)73-51-24-15-23-50(43-51)70-45-71(60-29-14-13-28-59(60)70)64-55(46-19-9-7-10-20-46)25-16-26-56(64)47-21-11-8-12-22-47;/h7-42H,1-6H3;/q-2;. The molecule has 0 spiro atoms. The molecule has 0 fully saturated rings. The summed E-state index contributed by atoms with van der Waals surface area (Å²) in [5, 5.41) is 7.54. The first-order chi connectivity index (χ1) is 36.0. The number of nitrogens with zero attached hydrogens (tertiary/aromatic N) is 4. The van der Waals surface area contributed by atoms with Crippen molar-refractivity contribution in [2.45, 2.75) is 52.4 Å². The van der Waals surface area contributed by atoms with E-state index in [1.54, 1.807) is 0 Å². The number of aromatic nitrogens is 4. The first kappa shape index (κ1) is 48.0. The molecule has 0 N–H and O–H groups in total. The third-order valence-corrected chi connectivity index (χ3v) is 19.9. The molecule has 7 heteroatoms. The zero-order valence-corrected chi connectivity index (χ0v) is 45.4. The van der Waals surface area contributed by atoms with Gasteiger partial charge in [0.2, 0.25) is 0 Å². The molecule has 0 atom stereocenters. The van der Waals surface area contributed by atoms with E-state index < -0.39 is 8.07 Å². The summed E-state index contributed by atoms with van der Waals surface area (Å²) in [4.78, 5) is 5.30. The van der Waals surface area contributed by atoms with Crippen LogP contribution in [0.5, 0.6) is 11.5 Å². The maximum Gasteiger partial charge on any atom is 0.268 e. The molecular weight excluding hydrogens is 1020 g/mol. The molecule has 13 rings (SSSR count). The van der Waals surface area contributed by atoms with E-state index in [0.29, 0.717) is 11.5 Å². The Morgan fingerprint density at radius 2 is 1.08 bits per heavy atom. The monoisotopic (exact) mass is 1080 g/mol. The SMILES string of the molecule is CC(C)(C)c1ccc([Si]2(c3ccc(C(C)(C)C)cc3)c3cccnc3-n3c4[c-]c(Oc5[c-]c(-n6[c-][n+](-c7c(-c8ccccc8)cccc7-c7ccccc7)c7ccccc76)ccc5)ccc4c4cccc2c43)cc1.[Pd]. The van der Waals surface area contributed by atoms with Crippen molar-refractivity contribution in [3.8, 4) is 50.9 Å². The molecule has 368 valence electrons. The number of fused-ring (bicyclic) bond motifs is 6. The van der Waals surface area contributed by atoms with Gasteiger partial charge in [0.1, 0.15) is 5.82 Å². The van der Waals surface area contributed by atoms with Gasteiger partial charge in [-0.05, 0) is 82.1 Å². The fourth-order valence-electron chi connectivity index (χ4n) is 11.4. The third kappa shape index (κ3) is 7.92. The van der Waals surface area contributed by atoms with Crippen LogP contribution in [0.1, 0.15) is 52.7 Å². The smallest absolute Gasteiger partial charge is 0.268 e. The van der Waals surface area contributed by atoms with E-state index in [1.807, 2.05) is 24.4 Å². The maximum atomic E-state index is 6.82. The summed E-state index contributed by atoms with van der Waals surface area (Å²) in [5.74, 6) is 2.10. The largest absolute Gasteiger partial charge is 0.510 e. The molecule has 0 saturated heterocycles. The van der Waals surface area contributed by atoms with E-state index in [0.717, 1.165) is 61.4 Å². The minimum Gasteiger partial charge on any atom is -0.510 e. The molecule has 4 heterocycles. The van der Waals surface area contributed by atoms with E-state index >= 15 is 0 Å². The summed E-state index contributed by atoms with van der Waals surface area (Å²) in [6.45, 7) is 13.7. The first-order valence-corrected chi connectivity index (χ1v) is 27.5. The second-order valence-electron chi connectivity index (χ2n) is 21.6. The molecule has 0 aliphatic carbocycles. The Balaban J connectivity index is 0.00000569. The van der Waals surface area contributed by atoms with Gasteiger partial charge in [-0.25, -0.2) is 4.98 Å². The number of ether oxygens (including phenoxy) is 1. The number of imidazole rings is 1. The molecule has 0 amide bonds. The van der Waals surface area contributed by atoms with Gasteiger partial charge in [0.25, 0.3) is 6.33 Å². The van der Waals surface area contributed by atoms with Crippen LogP contribution >= 0.6 is 0 Å². The van der Waals surface area contributed by atoms with Crippen molar-refractivity contribution in [2.24, 2.45) is 0 Å². The van der Waals surface area contributed by atoms with E-state index in [2.05, 4.69) is 268 Å². The van der Waals surface area contributed by atoms with Crippen LogP contribution in [0.3, 0.4) is 0 Å². The summed E-state index contributed by atoms with van der Waals surface area (Å²) >= 11 is 0. The van der Waals surface area contributed by atoms with E-state index in [4.69, 9.17) is 9.72 Å². The quantitative estimate of drug-likeness (QED) is 0.0864. The van der Waals surface area contributed by atoms with Crippen molar-refractivity contribution < 1.29 is 29.7 Å². The first-order valence-electron chi connectivity index (χ1n) is 25.5. The Kier molecular flexibility index (Phi) is 11.8. The van der Waals surface area contributed by atoms with Gasteiger partial charge in [0.05, 0.1) is 16.7 Å². The number of para-hydroxylation sites is 4. The van der Waals surface area contributed by atoms with Gasteiger partial charge in [-0.2, -0.15) is 18.2 Å². The van der Waals surface area contributed by atoms with E-state index in [9.17, 15) is 0 Å². The molecule has 0 radical (unpaired) electrons. The fourth-order valence-corrected chi connectivity index (χ4v) is 16.4. The molecule has 75 heavy (non-hydrogen) atoms. The van der Waals surface area contributed by atoms with Crippen molar-refractivity contribution >= 4 is 61.7 Å². The van der Waals surface area contributed by atoms with Crippen LogP contribution in [0.25, 0.3) is 72.3 Å². The van der Waals surface area contributed by atoms with E-state index in [1.165, 1.54) is 42.8 Å². The van der Waals surface area contributed by atoms with Crippen molar-refractivity contribution in [3.05, 3.63) is 248 Å². The topological polar surface area (TPSA) is 35.9 Å². The van der Waals surface area contributed by atoms with Crippen LogP contribution in [0.2, 0.25) is 0 Å². The molecule has 3 aromatic heterocycles. The molecule has 1 aliphatic rings. The van der Waals surface area contributed by atoms with Crippen LogP contribution < -0.4 is 30.1 Å². The molecular formula is C68H54N4OPdSi-2. The Hall–Kier alpha value is -7.92. The number of benzene rings is 9. The molecule has 9 aromatic carbocycles. The minimum atomic E-state index is -2.97. The Morgan fingerprint density at radius 3 is 1.72 bits per heavy atom. The van der Waals surface area contributed by atoms with Crippen molar-refractivity contribution in [1.29, 1.82) is 0 Å². The molecule has 5 nitrogen and oxygen atoms in total. The number of hydrogen-bond donors (Lipinski definition) is 0. The van der Waals surface area contributed by atoms with Crippen LogP contribution in [0.4, 0.5) is 0 Å². The Morgan fingerprint density at radius 1 is 0.507 bits per heavy atom. The predicted octanol–water partition coefficient (Wildman–Crippen LogP) is 13.2. The second kappa shape index (κ2) is 18.5. The molecule has 0 saturated carbocycles. The number of hydrogen-bond acceptors (Lipinski definition) is 2.